The van der Waals surface area contributed by atoms with Gasteiger partial charge in [0.05, 0.1) is 53.4 Å². The zero-order chi connectivity index (χ0) is 37.4. The van der Waals surface area contributed by atoms with Crippen molar-refractivity contribution in [1.29, 1.82) is 0 Å². The van der Waals surface area contributed by atoms with Gasteiger partial charge in [0, 0.05) is 10.3 Å². The van der Waals surface area contributed by atoms with Gasteiger partial charge in [-0.2, -0.15) is 31.4 Å². The Balaban J connectivity index is 0.000000300. The monoisotopic (exact) mass is 905 g/mol. The number of carbonyl (C=O) groups excluding carboxylic acids is 1. The van der Waals surface area contributed by atoms with E-state index < -0.39 is 59.2 Å². The predicted octanol–water partition coefficient (Wildman–Crippen LogP) is 11.6. The summed E-state index contributed by atoms with van der Waals surface area (Å²) in [4.78, 5) is 12.0. The van der Waals surface area contributed by atoms with E-state index in [-0.39, 0.29) is 43.1 Å². The average molecular weight is 910 g/mol. The molecule has 2 aromatic rings. The molecule has 2 aliphatic rings. The fraction of sp³-hybridized carbons (Fsp3) is 0.417. The van der Waals surface area contributed by atoms with Crippen LogP contribution in [0.3, 0.4) is 0 Å². The molecule has 2 saturated carbocycles. The Labute approximate surface area is 320 Å². The second kappa shape index (κ2) is 15.8. The van der Waals surface area contributed by atoms with Gasteiger partial charge in [0.15, 0.2) is 0 Å². The number of benzene rings is 2. The molecule has 4 rings (SSSR count). The lowest BCUT2D eigenvalue weighted by molar-refractivity contribution is -0.138. The predicted molar refractivity (Wildman–Crippen MR) is 181 cm³/mol. The Bertz CT molecular complexity index is 1570. The van der Waals surface area contributed by atoms with Crippen molar-refractivity contribution in [2.24, 2.45) is 15.9 Å². The third-order valence-corrected chi connectivity index (χ3v) is 10.7. The number of anilines is 2. The van der Waals surface area contributed by atoms with E-state index in [0.29, 0.717) is 18.6 Å². The van der Waals surface area contributed by atoms with Crippen molar-refractivity contribution < 1.29 is 39.9 Å². The van der Waals surface area contributed by atoms with Crippen LogP contribution in [0.25, 0.3) is 0 Å². The van der Waals surface area contributed by atoms with E-state index in [4.69, 9.17) is 113 Å². The lowest BCUT2D eigenvalue weighted by Crippen LogP contribution is -2.37. The molecule has 2 fully saturated rings. The SMILES string of the molecule is CC1(/C(Cl)=N/Nc2c(Cl)cc(C(F)(F)F)cc2Cl)CC1(Cl)Cl.CC1(C(=O)NNc2c(Cl)cc(C(F)(F)F)cc2Cl)CC1(Cl)Cl.O=S([O-])Cl. The topological polar surface area (TPSA) is 106 Å². The van der Waals surface area contributed by atoms with E-state index in [2.05, 4.69) is 32.1 Å². The third kappa shape index (κ3) is 10.9. The summed E-state index contributed by atoms with van der Waals surface area (Å²) < 4.78 is 91.0. The van der Waals surface area contributed by atoms with Gasteiger partial charge in [0.2, 0.25) is 5.91 Å². The number of nitrogens with one attached hydrogen (secondary N) is 3. The second-order valence-electron chi connectivity index (χ2n) is 10.3. The number of carbonyl (C=O) groups is 1. The molecule has 24 heteroatoms. The molecule has 0 radical (unpaired) electrons. The fourth-order valence-corrected chi connectivity index (χ4v) is 6.40. The highest BCUT2D eigenvalue weighted by molar-refractivity contribution is 8.03. The molecule has 3 N–H and O–H groups in total. The van der Waals surface area contributed by atoms with Gasteiger partial charge in [-0.1, -0.05) is 64.9 Å². The lowest BCUT2D eigenvalue weighted by atomic mass is 10.1. The molecule has 0 spiro atoms. The van der Waals surface area contributed by atoms with Gasteiger partial charge in [0.25, 0.3) is 0 Å². The van der Waals surface area contributed by atoms with Gasteiger partial charge in [-0.05, 0) is 54.7 Å². The number of rotatable bonds is 6. The van der Waals surface area contributed by atoms with Crippen LogP contribution >= 0.6 is 115 Å². The van der Waals surface area contributed by atoms with E-state index in [0.717, 1.165) is 12.1 Å². The number of hydrazine groups is 1. The third-order valence-electron chi connectivity index (χ3n) is 6.78. The zero-order valence-electron chi connectivity index (χ0n) is 23.4. The molecule has 7 nitrogen and oxygen atoms in total. The number of nitrogens with zero attached hydrogens (tertiary/aromatic N) is 1. The quantitative estimate of drug-likeness (QED) is 0.0669. The van der Waals surface area contributed by atoms with Crippen molar-refractivity contribution in [2.45, 2.75) is 47.7 Å². The number of hydrogen-bond donors (Lipinski definition) is 3. The summed E-state index contributed by atoms with van der Waals surface area (Å²) in [7, 11) is 1.80. The molecule has 3 atom stereocenters. The molecule has 1 amide bonds. The minimum Gasteiger partial charge on any atom is -0.760 e. The molecule has 0 aromatic heterocycles. The molecule has 0 heterocycles. The normalized spacial score (nSPS) is 23.0. The number of hydrazone groups is 1. The zero-order valence-corrected chi connectivity index (χ0v) is 31.7. The summed E-state index contributed by atoms with van der Waals surface area (Å²) in [6.07, 6.45) is -8.47. The summed E-state index contributed by atoms with van der Waals surface area (Å²) in [5, 5.41) is 2.87. The first-order valence-corrected chi connectivity index (χ1v) is 17.5. The van der Waals surface area contributed by atoms with Crippen LogP contribution in [0.2, 0.25) is 20.1 Å². The minimum absolute atomic E-state index is 0.00785. The highest BCUT2D eigenvalue weighted by Crippen LogP contribution is 2.65. The lowest BCUT2D eigenvalue weighted by Gasteiger charge is -2.17. The molecule has 270 valence electrons. The van der Waals surface area contributed by atoms with Gasteiger partial charge in [0.1, 0.15) is 13.8 Å². The van der Waals surface area contributed by atoms with Crippen LogP contribution < -0.4 is 16.3 Å². The summed E-state index contributed by atoms with van der Waals surface area (Å²) in [6.45, 7) is 3.26. The van der Waals surface area contributed by atoms with Crippen molar-refractivity contribution >= 4 is 148 Å². The summed E-state index contributed by atoms with van der Waals surface area (Å²) in [5.74, 6) is -0.524. The number of amides is 1. The second-order valence-corrected chi connectivity index (χ2v) is 16.4. The van der Waals surface area contributed by atoms with Crippen LogP contribution in [-0.4, -0.2) is 28.5 Å². The van der Waals surface area contributed by atoms with Crippen molar-refractivity contribution in [3.05, 3.63) is 55.5 Å². The Morgan fingerprint density at radius 2 is 1.10 bits per heavy atom. The number of alkyl halides is 10. The van der Waals surface area contributed by atoms with Crippen LogP contribution in [0.5, 0.6) is 0 Å². The van der Waals surface area contributed by atoms with Crippen LogP contribution in [0.4, 0.5) is 37.7 Å². The first kappa shape index (κ1) is 43.9. The smallest absolute Gasteiger partial charge is 0.416 e. The van der Waals surface area contributed by atoms with E-state index in [9.17, 15) is 31.1 Å². The standard InChI is InChI=1S/C12H8Cl5F3N2.C12H9Cl4F3N2O.ClHO2S/c1-10(4-11(10,16)17)9(15)22-21-8-6(13)2-5(3-7(8)14)12(18,19)20;1-10(4-11(10,15)16)9(22)21-20-8-6(13)2-5(3-7(8)14)12(17,18)19;1-4(2)3/h2-3,21H,4H2,1H3;2-3,20H,4H2,1H3,(H,21,22);(H,2,3)/p-1/b22-9-;;. The minimum atomic E-state index is -4.58. The molecule has 3 unspecified atom stereocenters. The largest absolute Gasteiger partial charge is 0.760 e. The molecule has 0 aliphatic heterocycles. The van der Waals surface area contributed by atoms with Crippen LogP contribution in [0.1, 0.15) is 37.8 Å². The Kier molecular flexibility index (Phi) is 14.5. The van der Waals surface area contributed by atoms with E-state index in [1.54, 1.807) is 13.8 Å². The molecular weight excluding hydrogens is 893 g/mol. The van der Waals surface area contributed by atoms with Crippen LogP contribution in [0, 0.1) is 10.8 Å². The average Bonchev–Trinajstić information content (AvgIpc) is 3.65. The highest BCUT2D eigenvalue weighted by Gasteiger charge is 2.68. The molecular formula is C24H17Cl10F6N4O3S-. The van der Waals surface area contributed by atoms with Crippen molar-refractivity contribution in [3.8, 4) is 0 Å². The summed E-state index contributed by atoms with van der Waals surface area (Å²) in [6, 6.07) is 2.89. The first-order chi connectivity index (χ1) is 21.5. The van der Waals surface area contributed by atoms with Crippen molar-refractivity contribution in [3.63, 3.8) is 0 Å². The maximum atomic E-state index is 12.6. The molecule has 0 bridgehead atoms. The fourth-order valence-electron chi connectivity index (χ4n) is 3.46. The van der Waals surface area contributed by atoms with Gasteiger partial charge in [-0.15, -0.1) is 46.4 Å². The van der Waals surface area contributed by atoms with E-state index >= 15 is 0 Å². The highest BCUT2D eigenvalue weighted by atomic mass is 35.7. The summed E-state index contributed by atoms with van der Waals surface area (Å²) >= 11 is 52.8. The first-order valence-electron chi connectivity index (χ1n) is 12.2. The van der Waals surface area contributed by atoms with Gasteiger partial charge in [-0.25, -0.2) is 0 Å². The Morgan fingerprint density at radius 1 is 0.792 bits per heavy atom. The van der Waals surface area contributed by atoms with Gasteiger partial charge >= 0.3 is 12.4 Å². The molecule has 2 aliphatic carbocycles. The number of halogens is 16. The van der Waals surface area contributed by atoms with Crippen LogP contribution in [0.15, 0.2) is 29.4 Å². The van der Waals surface area contributed by atoms with Gasteiger partial charge < -0.3 is 4.55 Å². The van der Waals surface area contributed by atoms with E-state index in [1.807, 2.05) is 0 Å². The van der Waals surface area contributed by atoms with E-state index in [1.165, 1.54) is 0 Å². The number of hydrogen-bond acceptors (Lipinski definition) is 6. The maximum absolute atomic E-state index is 12.6. The van der Waals surface area contributed by atoms with Crippen molar-refractivity contribution in [2.75, 3.05) is 10.9 Å². The summed E-state index contributed by atoms with van der Waals surface area (Å²) in [5.41, 5.74) is 3.42. The molecule has 2 aromatic carbocycles. The van der Waals surface area contributed by atoms with Crippen LogP contribution in [-0.2, 0) is 27.4 Å². The Hall–Kier alpha value is -0.230. The van der Waals surface area contributed by atoms with Gasteiger partial charge in [-0.3, -0.25) is 25.3 Å². The molecule has 0 saturated heterocycles. The maximum Gasteiger partial charge on any atom is 0.416 e. The Morgan fingerprint density at radius 3 is 1.40 bits per heavy atom. The van der Waals surface area contributed by atoms with Crippen molar-refractivity contribution in [1.82, 2.24) is 5.43 Å². The molecule has 48 heavy (non-hydrogen) atoms.